The normalized spacial score (nSPS) is 16.7. The van der Waals surface area contributed by atoms with Crippen molar-refractivity contribution in [1.29, 1.82) is 0 Å². The second kappa shape index (κ2) is 9.99. The molecule has 5 rings (SSSR count). The van der Waals surface area contributed by atoms with Crippen LogP contribution in [0.4, 0.5) is 0 Å². The van der Waals surface area contributed by atoms with Crippen LogP contribution in [0.3, 0.4) is 0 Å². The maximum atomic E-state index is 13.2. The van der Waals surface area contributed by atoms with Crippen molar-refractivity contribution in [3.8, 4) is 0 Å². The Balaban J connectivity index is 1.32. The fourth-order valence-electron chi connectivity index (χ4n) is 4.38. The van der Waals surface area contributed by atoms with Gasteiger partial charge in [0.05, 0.1) is 35.3 Å². The smallest absolute Gasteiger partial charge is 0.262 e. The van der Waals surface area contributed by atoms with Gasteiger partial charge in [0.2, 0.25) is 5.91 Å². The average Bonchev–Trinajstić information content (AvgIpc) is 3.38. The Morgan fingerprint density at radius 2 is 1.94 bits per heavy atom. The Morgan fingerprint density at radius 1 is 1.15 bits per heavy atom. The molecule has 34 heavy (non-hydrogen) atoms. The van der Waals surface area contributed by atoms with Crippen LogP contribution in [0.15, 0.2) is 76.7 Å². The van der Waals surface area contributed by atoms with Crippen molar-refractivity contribution in [2.45, 2.75) is 43.6 Å². The lowest BCUT2D eigenvalue weighted by Crippen LogP contribution is -2.30. The number of carbonyl (C=O) groups excluding carboxylic acids is 1. The molecule has 1 amide bonds. The predicted octanol–water partition coefficient (Wildman–Crippen LogP) is 4.70. The number of hydrogen-bond acceptors (Lipinski definition) is 5. The monoisotopic (exact) mass is 473 g/mol. The summed E-state index contributed by atoms with van der Waals surface area (Å²) in [5.41, 5.74) is 1.60. The van der Waals surface area contributed by atoms with Crippen molar-refractivity contribution < 1.29 is 9.53 Å². The minimum absolute atomic E-state index is 0.00163. The Labute approximate surface area is 202 Å². The lowest BCUT2D eigenvalue weighted by Gasteiger charge is -2.17. The Morgan fingerprint density at radius 3 is 2.76 bits per heavy atom. The number of fused-ring (bicyclic) bond motifs is 2. The summed E-state index contributed by atoms with van der Waals surface area (Å²) in [5, 5.41) is 6.53. The van der Waals surface area contributed by atoms with Crippen LogP contribution in [0.25, 0.3) is 21.7 Å². The number of nitrogens with zero attached hydrogens (tertiary/aromatic N) is 2. The molecular weight excluding hydrogens is 446 g/mol. The second-order valence-electron chi connectivity index (χ2n) is 8.65. The van der Waals surface area contributed by atoms with Gasteiger partial charge in [0, 0.05) is 6.61 Å². The molecule has 174 valence electrons. The number of thioether (sulfide) groups is 1. The molecule has 0 aliphatic carbocycles. The molecule has 7 heteroatoms. The fraction of sp³-hybridized carbons (Fsp3) is 0.296. The molecule has 0 bridgehead atoms. The molecule has 2 atom stereocenters. The highest BCUT2D eigenvalue weighted by atomic mass is 32.2. The Kier molecular flexibility index (Phi) is 6.65. The zero-order valence-electron chi connectivity index (χ0n) is 19.1. The summed E-state index contributed by atoms with van der Waals surface area (Å²) in [5.74, 6) is 0.0746. The van der Waals surface area contributed by atoms with E-state index < -0.39 is 0 Å². The van der Waals surface area contributed by atoms with Crippen molar-refractivity contribution in [1.82, 2.24) is 14.9 Å². The lowest BCUT2D eigenvalue weighted by molar-refractivity contribution is -0.119. The van der Waals surface area contributed by atoms with E-state index in [1.54, 1.807) is 10.6 Å². The molecule has 2 heterocycles. The highest BCUT2D eigenvalue weighted by molar-refractivity contribution is 7.99. The molecule has 1 saturated heterocycles. The van der Waals surface area contributed by atoms with Gasteiger partial charge in [-0.25, -0.2) is 4.98 Å². The molecule has 6 nitrogen and oxygen atoms in total. The van der Waals surface area contributed by atoms with Crippen molar-refractivity contribution >= 4 is 39.3 Å². The summed E-state index contributed by atoms with van der Waals surface area (Å²) in [6.45, 7) is 3.15. The summed E-state index contributed by atoms with van der Waals surface area (Å²) in [6.07, 6.45) is 1.92. The number of ether oxygens (including phenoxy) is 1. The summed E-state index contributed by atoms with van der Waals surface area (Å²) in [4.78, 5) is 30.7. The summed E-state index contributed by atoms with van der Waals surface area (Å²) in [6, 6.07) is 21.6. The van der Waals surface area contributed by atoms with E-state index in [1.807, 2.05) is 43.3 Å². The fourth-order valence-corrected chi connectivity index (χ4v) is 5.20. The van der Waals surface area contributed by atoms with E-state index in [-0.39, 0.29) is 29.4 Å². The number of carbonyl (C=O) groups is 1. The van der Waals surface area contributed by atoms with Gasteiger partial charge in [0.1, 0.15) is 0 Å². The number of aromatic nitrogens is 2. The molecule has 0 radical (unpaired) electrons. The number of benzene rings is 3. The summed E-state index contributed by atoms with van der Waals surface area (Å²) < 4.78 is 7.43. The number of amides is 1. The third-order valence-electron chi connectivity index (χ3n) is 6.22. The van der Waals surface area contributed by atoms with E-state index >= 15 is 0 Å². The van der Waals surface area contributed by atoms with Crippen LogP contribution in [-0.4, -0.2) is 33.9 Å². The number of para-hydroxylation sites is 1. The highest BCUT2D eigenvalue weighted by Gasteiger charge is 2.21. The third kappa shape index (κ3) is 4.86. The molecule has 1 aliphatic rings. The van der Waals surface area contributed by atoms with Crippen molar-refractivity contribution in [2.75, 3.05) is 12.4 Å². The highest BCUT2D eigenvalue weighted by Crippen LogP contribution is 2.23. The topological polar surface area (TPSA) is 73.2 Å². The van der Waals surface area contributed by atoms with Gasteiger partial charge in [-0.2, -0.15) is 0 Å². The molecular formula is C27H27N3O3S. The van der Waals surface area contributed by atoms with Crippen molar-refractivity contribution in [2.24, 2.45) is 0 Å². The van der Waals surface area contributed by atoms with Crippen LogP contribution in [0.2, 0.25) is 0 Å². The zero-order valence-corrected chi connectivity index (χ0v) is 19.9. The Hall–Kier alpha value is -3.16. The van der Waals surface area contributed by atoms with Crippen LogP contribution in [0.1, 0.15) is 31.4 Å². The zero-order chi connectivity index (χ0) is 23.5. The van der Waals surface area contributed by atoms with E-state index in [1.165, 1.54) is 17.1 Å². The van der Waals surface area contributed by atoms with E-state index in [4.69, 9.17) is 9.72 Å². The summed E-state index contributed by atoms with van der Waals surface area (Å²) in [7, 11) is 0. The van der Waals surface area contributed by atoms with Gasteiger partial charge >= 0.3 is 0 Å². The first-order valence-electron chi connectivity index (χ1n) is 11.6. The molecule has 1 aromatic heterocycles. The van der Waals surface area contributed by atoms with Crippen LogP contribution in [0.5, 0.6) is 0 Å². The SMILES string of the molecule is CC(NC(=O)CSc1nc2ccccc2c(=O)n1CC1CCCO1)c1ccc2ccccc2c1. The van der Waals surface area contributed by atoms with Crippen molar-refractivity contribution in [3.63, 3.8) is 0 Å². The van der Waals surface area contributed by atoms with Crippen LogP contribution in [-0.2, 0) is 16.1 Å². The van der Waals surface area contributed by atoms with E-state index in [0.29, 0.717) is 22.6 Å². The first-order valence-corrected chi connectivity index (χ1v) is 12.6. The minimum Gasteiger partial charge on any atom is -0.376 e. The number of nitrogens with one attached hydrogen (secondary N) is 1. The Bertz CT molecular complexity index is 1400. The quantitative estimate of drug-likeness (QED) is 0.311. The summed E-state index contributed by atoms with van der Waals surface area (Å²) >= 11 is 1.29. The van der Waals surface area contributed by atoms with Gasteiger partial charge in [0.15, 0.2) is 5.16 Å². The average molecular weight is 474 g/mol. The number of hydrogen-bond donors (Lipinski definition) is 1. The second-order valence-corrected chi connectivity index (χ2v) is 9.59. The molecule has 1 N–H and O–H groups in total. The lowest BCUT2D eigenvalue weighted by atomic mass is 10.0. The van der Waals surface area contributed by atoms with Gasteiger partial charge in [0.25, 0.3) is 5.56 Å². The molecule has 1 aliphatic heterocycles. The van der Waals surface area contributed by atoms with Gasteiger partial charge in [-0.05, 0) is 54.3 Å². The van der Waals surface area contributed by atoms with Gasteiger partial charge in [-0.15, -0.1) is 0 Å². The van der Waals surface area contributed by atoms with Crippen LogP contribution < -0.4 is 10.9 Å². The maximum Gasteiger partial charge on any atom is 0.262 e. The molecule has 4 aromatic rings. The first-order chi connectivity index (χ1) is 16.6. The maximum absolute atomic E-state index is 13.2. The minimum atomic E-state index is -0.128. The molecule has 0 spiro atoms. The molecule has 1 fully saturated rings. The van der Waals surface area contributed by atoms with Crippen molar-refractivity contribution in [3.05, 3.63) is 82.6 Å². The van der Waals surface area contributed by atoms with Crippen LogP contribution >= 0.6 is 11.8 Å². The van der Waals surface area contributed by atoms with E-state index in [0.717, 1.165) is 30.4 Å². The van der Waals surface area contributed by atoms with Gasteiger partial charge in [-0.3, -0.25) is 14.2 Å². The van der Waals surface area contributed by atoms with E-state index in [9.17, 15) is 9.59 Å². The molecule has 2 unspecified atom stereocenters. The van der Waals surface area contributed by atoms with Crippen LogP contribution in [0, 0.1) is 0 Å². The predicted molar refractivity (Wildman–Crippen MR) is 136 cm³/mol. The molecule has 0 saturated carbocycles. The van der Waals surface area contributed by atoms with Gasteiger partial charge in [-0.1, -0.05) is 60.3 Å². The standard InChI is InChI=1S/C27H27N3O3S/c1-18(20-13-12-19-7-2-3-8-21(19)15-20)28-25(31)17-34-27-29-24-11-5-4-10-23(24)26(32)30(27)16-22-9-6-14-33-22/h2-5,7-8,10-13,15,18,22H,6,9,14,16-17H2,1H3,(H,28,31). The van der Waals surface area contributed by atoms with E-state index in [2.05, 4.69) is 29.6 Å². The third-order valence-corrected chi connectivity index (χ3v) is 7.20. The largest absolute Gasteiger partial charge is 0.376 e. The number of rotatable bonds is 7. The van der Waals surface area contributed by atoms with Gasteiger partial charge < -0.3 is 10.1 Å². The molecule has 3 aromatic carbocycles. The first kappa shape index (κ1) is 22.6.